The summed E-state index contributed by atoms with van der Waals surface area (Å²) in [5.41, 5.74) is 0.0441. The van der Waals surface area contributed by atoms with Crippen molar-refractivity contribution in [3.05, 3.63) is 41.2 Å². The molecule has 0 aliphatic heterocycles. The highest BCUT2D eigenvalue weighted by molar-refractivity contribution is 6.74. The summed E-state index contributed by atoms with van der Waals surface area (Å²) in [6, 6.07) is 2.55. The highest BCUT2D eigenvalue weighted by Crippen LogP contribution is 2.32. The Kier molecular flexibility index (Phi) is 5.15. The van der Waals surface area contributed by atoms with Crippen LogP contribution in [0.2, 0.25) is 0 Å². The Balaban J connectivity index is 3.71. The number of rotatable bonds is 4. The molecule has 1 aromatic rings. The number of benzene rings is 1. The molecule has 6 heteroatoms. The highest BCUT2D eigenvalue weighted by atomic mass is 35.5. The number of halogens is 2. The van der Waals surface area contributed by atoms with Crippen molar-refractivity contribution in [2.45, 2.75) is 6.92 Å². The van der Waals surface area contributed by atoms with Gasteiger partial charge in [-0.25, -0.2) is 0 Å². The number of allylic oxidation sites excluding steroid dienone is 2. The molecule has 0 aromatic heterocycles. The SMILES string of the molecule is C/C=C\c1c(/C(=C/O)C(=O)Cl)ccc(O)c1C(=O)Cl. The van der Waals surface area contributed by atoms with Gasteiger partial charge in [0.05, 0.1) is 17.4 Å². The lowest BCUT2D eigenvalue weighted by Gasteiger charge is -2.11. The van der Waals surface area contributed by atoms with Gasteiger partial charge in [0.15, 0.2) is 0 Å². The van der Waals surface area contributed by atoms with Crippen LogP contribution in [0.3, 0.4) is 0 Å². The number of carbonyl (C=O) groups is 2. The van der Waals surface area contributed by atoms with Crippen LogP contribution in [-0.2, 0) is 4.79 Å². The van der Waals surface area contributed by atoms with E-state index in [9.17, 15) is 14.7 Å². The predicted molar refractivity (Wildman–Crippen MR) is 74.5 cm³/mol. The fourth-order valence-electron chi connectivity index (χ4n) is 1.62. The van der Waals surface area contributed by atoms with E-state index < -0.39 is 10.5 Å². The normalized spacial score (nSPS) is 11.8. The molecule has 1 rings (SSSR count). The molecule has 0 spiro atoms. The largest absolute Gasteiger partial charge is 0.515 e. The average molecular weight is 301 g/mol. The van der Waals surface area contributed by atoms with Crippen molar-refractivity contribution < 1.29 is 19.8 Å². The molecule has 0 amide bonds. The van der Waals surface area contributed by atoms with Crippen molar-refractivity contribution in [3.63, 3.8) is 0 Å². The topological polar surface area (TPSA) is 74.6 Å². The van der Waals surface area contributed by atoms with Crippen LogP contribution in [0.4, 0.5) is 0 Å². The summed E-state index contributed by atoms with van der Waals surface area (Å²) < 4.78 is 0. The van der Waals surface area contributed by atoms with E-state index in [0.717, 1.165) is 0 Å². The zero-order valence-corrected chi connectivity index (χ0v) is 11.4. The smallest absolute Gasteiger partial charge is 0.256 e. The molecule has 19 heavy (non-hydrogen) atoms. The van der Waals surface area contributed by atoms with Crippen molar-refractivity contribution in [1.29, 1.82) is 0 Å². The molecule has 4 nitrogen and oxygen atoms in total. The Hall–Kier alpha value is -1.78. The average Bonchev–Trinajstić information content (AvgIpc) is 2.32. The molecule has 2 N–H and O–H groups in total. The van der Waals surface area contributed by atoms with Crippen molar-refractivity contribution in [1.82, 2.24) is 0 Å². The van der Waals surface area contributed by atoms with Crippen LogP contribution in [0.5, 0.6) is 5.75 Å². The fraction of sp³-hybridized carbons (Fsp3) is 0.0769. The third kappa shape index (κ3) is 3.16. The second-order valence-corrected chi connectivity index (χ2v) is 4.20. The molecule has 0 saturated carbocycles. The first-order chi connectivity index (χ1) is 8.93. The van der Waals surface area contributed by atoms with E-state index in [0.29, 0.717) is 6.26 Å². The second-order valence-electron chi connectivity index (χ2n) is 3.51. The Morgan fingerprint density at radius 2 is 1.89 bits per heavy atom. The van der Waals surface area contributed by atoms with Crippen LogP contribution in [0, 0.1) is 0 Å². The number of hydrogen-bond acceptors (Lipinski definition) is 4. The van der Waals surface area contributed by atoms with Crippen LogP contribution in [0.1, 0.15) is 28.4 Å². The lowest BCUT2D eigenvalue weighted by atomic mass is 9.95. The third-order valence-electron chi connectivity index (χ3n) is 2.38. The maximum absolute atomic E-state index is 11.4. The summed E-state index contributed by atoms with van der Waals surface area (Å²) in [6.07, 6.45) is 3.61. The van der Waals surface area contributed by atoms with Crippen LogP contribution in [0.25, 0.3) is 11.6 Å². The molecule has 1 aromatic carbocycles. The number of phenols is 1. The Bertz CT molecular complexity index is 589. The summed E-state index contributed by atoms with van der Waals surface area (Å²) in [5, 5.41) is 17.0. The van der Waals surface area contributed by atoms with Gasteiger partial charge in [-0.3, -0.25) is 9.59 Å². The fourth-order valence-corrected chi connectivity index (χ4v) is 1.96. The quantitative estimate of drug-likeness (QED) is 0.507. The molecule has 0 unspecified atom stereocenters. The van der Waals surface area contributed by atoms with Gasteiger partial charge in [0.1, 0.15) is 5.75 Å². The molecule has 0 radical (unpaired) electrons. The molecule has 100 valence electrons. The molecule has 0 bridgehead atoms. The molecule has 0 aliphatic carbocycles. The molecule has 0 heterocycles. The summed E-state index contributed by atoms with van der Waals surface area (Å²) in [4.78, 5) is 22.6. The van der Waals surface area contributed by atoms with E-state index in [1.165, 1.54) is 18.2 Å². The van der Waals surface area contributed by atoms with Gasteiger partial charge in [-0.05, 0) is 53.4 Å². The van der Waals surface area contributed by atoms with Gasteiger partial charge in [0.25, 0.3) is 10.5 Å². The highest BCUT2D eigenvalue weighted by Gasteiger charge is 2.20. The van der Waals surface area contributed by atoms with Crippen molar-refractivity contribution >= 4 is 45.3 Å². The van der Waals surface area contributed by atoms with Crippen molar-refractivity contribution in [2.24, 2.45) is 0 Å². The molecule has 0 saturated heterocycles. The zero-order chi connectivity index (χ0) is 14.6. The van der Waals surface area contributed by atoms with Crippen LogP contribution in [0.15, 0.2) is 24.5 Å². The summed E-state index contributed by atoms with van der Waals surface area (Å²) in [7, 11) is 0. The summed E-state index contributed by atoms with van der Waals surface area (Å²) in [6.45, 7) is 1.68. The molecule has 0 fully saturated rings. The molecular formula is C13H10Cl2O4. The molecule has 0 atom stereocenters. The summed E-state index contributed by atoms with van der Waals surface area (Å²) in [5.74, 6) is -0.323. The second kappa shape index (κ2) is 6.41. The van der Waals surface area contributed by atoms with Gasteiger partial charge < -0.3 is 10.2 Å². The number of aliphatic hydroxyl groups excluding tert-OH is 1. The number of carbonyl (C=O) groups excluding carboxylic acids is 2. The maximum Gasteiger partial charge on any atom is 0.256 e. The van der Waals surface area contributed by atoms with E-state index in [4.69, 9.17) is 28.3 Å². The lowest BCUT2D eigenvalue weighted by molar-refractivity contribution is -0.107. The Labute approximate surface area is 119 Å². The Morgan fingerprint density at radius 1 is 1.26 bits per heavy atom. The number of aromatic hydroxyl groups is 1. The van der Waals surface area contributed by atoms with Gasteiger partial charge >= 0.3 is 0 Å². The first-order valence-corrected chi connectivity index (χ1v) is 5.92. The summed E-state index contributed by atoms with van der Waals surface area (Å²) >= 11 is 10.8. The van der Waals surface area contributed by atoms with Crippen LogP contribution in [-0.4, -0.2) is 20.7 Å². The standard InChI is InChI=1S/C13H10Cl2O4/c1-2-3-8-7(9(6-16)12(14)18)4-5-10(17)11(8)13(15)19/h2-6,16-17H,1H3/b3-2-,9-6-. The van der Waals surface area contributed by atoms with E-state index in [1.807, 2.05) is 0 Å². The first kappa shape index (κ1) is 15.3. The van der Waals surface area contributed by atoms with Gasteiger partial charge in [-0.15, -0.1) is 0 Å². The lowest BCUT2D eigenvalue weighted by Crippen LogP contribution is -2.02. The maximum atomic E-state index is 11.4. The van der Waals surface area contributed by atoms with Crippen molar-refractivity contribution in [3.8, 4) is 5.75 Å². The van der Waals surface area contributed by atoms with Gasteiger partial charge in [0.2, 0.25) is 0 Å². The van der Waals surface area contributed by atoms with Crippen LogP contribution >= 0.6 is 23.2 Å². The minimum absolute atomic E-state index is 0.158. The van der Waals surface area contributed by atoms with Crippen LogP contribution < -0.4 is 0 Å². The van der Waals surface area contributed by atoms with Gasteiger partial charge in [0, 0.05) is 0 Å². The van der Waals surface area contributed by atoms with Crippen molar-refractivity contribution in [2.75, 3.05) is 0 Å². The van der Waals surface area contributed by atoms with Gasteiger partial charge in [-0.1, -0.05) is 12.2 Å². The predicted octanol–water partition coefficient (Wildman–Crippen LogP) is 3.47. The van der Waals surface area contributed by atoms with E-state index >= 15 is 0 Å². The molecule has 0 aliphatic rings. The minimum Gasteiger partial charge on any atom is -0.515 e. The monoisotopic (exact) mass is 300 g/mol. The zero-order valence-electron chi connectivity index (χ0n) is 9.85. The Morgan fingerprint density at radius 3 is 2.32 bits per heavy atom. The third-order valence-corrected chi connectivity index (χ3v) is 2.78. The molecular weight excluding hydrogens is 291 g/mol. The first-order valence-electron chi connectivity index (χ1n) is 5.17. The number of hydrogen-bond donors (Lipinski definition) is 2. The van der Waals surface area contributed by atoms with E-state index in [1.54, 1.807) is 13.0 Å². The van der Waals surface area contributed by atoms with Gasteiger partial charge in [-0.2, -0.15) is 0 Å². The number of aliphatic hydroxyl groups is 1. The number of phenolic OH excluding ortho intramolecular Hbond substituents is 1. The minimum atomic E-state index is -0.896. The van der Waals surface area contributed by atoms with E-state index in [2.05, 4.69) is 0 Å². The van der Waals surface area contributed by atoms with E-state index in [-0.39, 0.29) is 28.0 Å².